The first-order chi connectivity index (χ1) is 15.5. The molecule has 32 heavy (non-hydrogen) atoms. The number of benzene rings is 3. The number of anilines is 2. The molecule has 162 valence electrons. The minimum atomic E-state index is -0.272. The predicted molar refractivity (Wildman–Crippen MR) is 127 cm³/mol. The van der Waals surface area contributed by atoms with E-state index in [4.69, 9.17) is 4.98 Å². The van der Waals surface area contributed by atoms with Crippen LogP contribution in [0, 0.1) is 18.7 Å². The largest absolute Gasteiger partial charge is 0.345 e. The zero-order valence-electron chi connectivity index (χ0n) is 18.3. The molecule has 1 aliphatic carbocycles. The normalized spacial score (nSPS) is 14.8. The van der Waals surface area contributed by atoms with Gasteiger partial charge in [-0.25, -0.2) is 9.37 Å². The zero-order chi connectivity index (χ0) is 22.2. The van der Waals surface area contributed by atoms with E-state index in [2.05, 4.69) is 12.1 Å². The maximum absolute atomic E-state index is 13.8. The molecule has 1 atom stereocenters. The van der Waals surface area contributed by atoms with Gasteiger partial charge in [-0.2, -0.15) is 0 Å². The lowest BCUT2D eigenvalue weighted by Crippen LogP contribution is -2.35. The van der Waals surface area contributed by atoms with E-state index in [-0.39, 0.29) is 17.4 Å². The number of rotatable bonds is 5. The fourth-order valence-corrected chi connectivity index (χ4v) is 4.69. The third-order valence-corrected chi connectivity index (χ3v) is 6.68. The second-order valence-electron chi connectivity index (χ2n) is 8.62. The quantitative estimate of drug-likeness (QED) is 0.392. The Labute approximate surface area is 187 Å². The molecule has 1 heterocycles. The summed E-state index contributed by atoms with van der Waals surface area (Å²) in [6, 6.07) is 22.4. The van der Waals surface area contributed by atoms with Crippen LogP contribution in [0.4, 0.5) is 15.8 Å². The summed E-state index contributed by atoms with van der Waals surface area (Å²) in [6.07, 6.45) is 3.45. The standard InChI is InChI=1S/C27H26FN3O/c1-18-29-25-16-15-23(30(2)22-13-11-21(28)12-14-22)17-24(25)27(32)31(18)26(20-9-6-10-20)19-7-4-3-5-8-19/h3-5,7-8,11-17,20,26H,6,9-10H2,1-2H3. The van der Waals surface area contributed by atoms with E-state index in [1.54, 1.807) is 12.1 Å². The number of hydrogen-bond donors (Lipinski definition) is 0. The van der Waals surface area contributed by atoms with Gasteiger partial charge in [0.1, 0.15) is 11.6 Å². The third-order valence-electron chi connectivity index (χ3n) is 6.68. The van der Waals surface area contributed by atoms with Crippen LogP contribution in [0.25, 0.3) is 10.9 Å². The van der Waals surface area contributed by atoms with Crippen LogP contribution < -0.4 is 10.5 Å². The van der Waals surface area contributed by atoms with Gasteiger partial charge in [0.2, 0.25) is 0 Å². The van der Waals surface area contributed by atoms with Gasteiger partial charge in [0, 0.05) is 18.4 Å². The summed E-state index contributed by atoms with van der Waals surface area (Å²) < 4.78 is 15.2. The highest BCUT2D eigenvalue weighted by molar-refractivity contribution is 5.83. The van der Waals surface area contributed by atoms with E-state index in [1.807, 2.05) is 59.8 Å². The minimum absolute atomic E-state index is 0.00663. The van der Waals surface area contributed by atoms with Gasteiger partial charge in [0.15, 0.2) is 0 Å². The van der Waals surface area contributed by atoms with Crippen molar-refractivity contribution in [2.75, 3.05) is 11.9 Å². The van der Waals surface area contributed by atoms with Crippen molar-refractivity contribution in [3.05, 3.63) is 100 Å². The highest BCUT2D eigenvalue weighted by atomic mass is 19.1. The summed E-state index contributed by atoms with van der Waals surface area (Å²) in [4.78, 5) is 20.6. The second kappa shape index (κ2) is 8.23. The van der Waals surface area contributed by atoms with Crippen molar-refractivity contribution in [1.82, 2.24) is 9.55 Å². The van der Waals surface area contributed by atoms with E-state index >= 15 is 0 Å². The third kappa shape index (κ3) is 3.58. The molecule has 5 heteroatoms. The summed E-state index contributed by atoms with van der Waals surface area (Å²) in [5.41, 5.74) is 3.55. The Morgan fingerprint density at radius 3 is 2.34 bits per heavy atom. The molecule has 0 aliphatic heterocycles. The Hall–Kier alpha value is -3.47. The first-order valence-corrected chi connectivity index (χ1v) is 11.1. The summed E-state index contributed by atoms with van der Waals surface area (Å²) in [5, 5.41) is 0.599. The average Bonchev–Trinajstić information content (AvgIpc) is 2.77. The number of halogens is 1. The summed E-state index contributed by atoms with van der Waals surface area (Å²) >= 11 is 0. The summed E-state index contributed by atoms with van der Waals surface area (Å²) in [7, 11) is 1.91. The zero-order valence-corrected chi connectivity index (χ0v) is 18.3. The molecular formula is C27H26FN3O. The number of nitrogens with zero attached hydrogens (tertiary/aromatic N) is 3. The van der Waals surface area contributed by atoms with Crippen molar-refractivity contribution in [3.63, 3.8) is 0 Å². The van der Waals surface area contributed by atoms with E-state index in [1.165, 1.54) is 18.6 Å². The Bertz CT molecular complexity index is 1310. The minimum Gasteiger partial charge on any atom is -0.345 e. The van der Waals surface area contributed by atoms with Crippen molar-refractivity contribution in [2.45, 2.75) is 32.2 Å². The molecule has 1 aromatic heterocycles. The highest BCUT2D eigenvalue weighted by Gasteiger charge is 2.32. The molecule has 0 spiro atoms. The van der Waals surface area contributed by atoms with Crippen LogP contribution in [0.3, 0.4) is 0 Å². The SMILES string of the molecule is Cc1nc2ccc(N(C)c3ccc(F)cc3)cc2c(=O)n1C(c1ccccc1)C1CCC1. The maximum atomic E-state index is 13.8. The molecule has 0 radical (unpaired) electrons. The lowest BCUT2D eigenvalue weighted by atomic mass is 9.77. The summed E-state index contributed by atoms with van der Waals surface area (Å²) in [5.74, 6) is 0.909. The molecule has 1 aliphatic rings. The summed E-state index contributed by atoms with van der Waals surface area (Å²) in [6.45, 7) is 1.92. The first kappa shape index (κ1) is 20.4. The maximum Gasteiger partial charge on any atom is 0.262 e. The van der Waals surface area contributed by atoms with E-state index in [9.17, 15) is 9.18 Å². The van der Waals surface area contributed by atoms with Crippen LogP contribution in [-0.4, -0.2) is 16.6 Å². The molecule has 0 bridgehead atoms. The highest BCUT2D eigenvalue weighted by Crippen LogP contribution is 2.40. The predicted octanol–water partition coefficient (Wildman–Crippen LogP) is 6.00. The van der Waals surface area contributed by atoms with Crippen LogP contribution in [-0.2, 0) is 0 Å². The molecule has 3 aromatic carbocycles. The molecule has 0 N–H and O–H groups in total. The molecular weight excluding hydrogens is 401 g/mol. The lowest BCUT2D eigenvalue weighted by Gasteiger charge is -2.36. The average molecular weight is 428 g/mol. The fraction of sp³-hybridized carbons (Fsp3) is 0.259. The topological polar surface area (TPSA) is 38.1 Å². The van der Waals surface area contributed by atoms with Gasteiger partial charge in [-0.05, 0) is 73.7 Å². The van der Waals surface area contributed by atoms with Gasteiger partial charge < -0.3 is 4.90 Å². The van der Waals surface area contributed by atoms with Crippen LogP contribution >= 0.6 is 0 Å². The van der Waals surface area contributed by atoms with E-state index in [0.717, 1.165) is 35.6 Å². The molecule has 4 aromatic rings. The fourth-order valence-electron chi connectivity index (χ4n) is 4.69. The number of hydrogen-bond acceptors (Lipinski definition) is 3. The van der Waals surface area contributed by atoms with E-state index < -0.39 is 0 Å². The molecule has 1 fully saturated rings. The van der Waals surface area contributed by atoms with Crippen molar-refractivity contribution in [2.24, 2.45) is 5.92 Å². The molecule has 4 nitrogen and oxygen atoms in total. The molecule has 0 saturated heterocycles. The van der Waals surface area contributed by atoms with Gasteiger partial charge in [-0.15, -0.1) is 0 Å². The number of aromatic nitrogens is 2. The molecule has 0 amide bonds. The smallest absolute Gasteiger partial charge is 0.262 e. The monoisotopic (exact) mass is 427 g/mol. The van der Waals surface area contributed by atoms with Crippen molar-refractivity contribution >= 4 is 22.3 Å². The number of fused-ring (bicyclic) bond motifs is 1. The Morgan fingerprint density at radius 1 is 1.00 bits per heavy atom. The van der Waals surface area contributed by atoms with Crippen LogP contribution in [0.1, 0.15) is 36.7 Å². The second-order valence-corrected chi connectivity index (χ2v) is 8.62. The van der Waals surface area contributed by atoms with Crippen LogP contribution in [0.5, 0.6) is 0 Å². The van der Waals surface area contributed by atoms with Gasteiger partial charge in [0.05, 0.1) is 16.9 Å². The van der Waals surface area contributed by atoms with Crippen molar-refractivity contribution < 1.29 is 4.39 Å². The van der Waals surface area contributed by atoms with Crippen molar-refractivity contribution in [1.29, 1.82) is 0 Å². The van der Waals surface area contributed by atoms with Gasteiger partial charge in [-0.3, -0.25) is 9.36 Å². The number of aryl methyl sites for hydroxylation is 1. The Kier molecular flexibility index (Phi) is 5.25. The van der Waals surface area contributed by atoms with Gasteiger partial charge in [-0.1, -0.05) is 36.8 Å². The van der Waals surface area contributed by atoms with Gasteiger partial charge in [0.25, 0.3) is 5.56 Å². The molecule has 1 unspecified atom stereocenters. The molecule has 5 rings (SSSR count). The first-order valence-electron chi connectivity index (χ1n) is 11.1. The van der Waals surface area contributed by atoms with Crippen LogP contribution in [0.15, 0.2) is 77.6 Å². The van der Waals surface area contributed by atoms with Gasteiger partial charge >= 0.3 is 0 Å². The van der Waals surface area contributed by atoms with Crippen LogP contribution in [0.2, 0.25) is 0 Å². The molecule has 1 saturated carbocycles. The van der Waals surface area contributed by atoms with E-state index in [0.29, 0.717) is 16.8 Å². The lowest BCUT2D eigenvalue weighted by molar-refractivity contribution is 0.231. The van der Waals surface area contributed by atoms with Crippen molar-refractivity contribution in [3.8, 4) is 0 Å². The Balaban J connectivity index is 1.64. The Morgan fingerprint density at radius 2 is 1.69 bits per heavy atom.